The van der Waals surface area contributed by atoms with Gasteiger partial charge in [-0.25, -0.2) is 0 Å². The summed E-state index contributed by atoms with van der Waals surface area (Å²) in [4.78, 5) is 0. The molecule has 388 valence electrons. The van der Waals surface area contributed by atoms with Gasteiger partial charge >= 0.3 is 12.4 Å². The molecule has 0 bridgehead atoms. The van der Waals surface area contributed by atoms with Gasteiger partial charge in [-0.15, -0.1) is 0 Å². The van der Waals surface area contributed by atoms with E-state index in [1.165, 1.54) is 12.1 Å². The molecule has 0 fully saturated rings. The fourth-order valence-electron chi connectivity index (χ4n) is 12.0. The molecule has 0 saturated heterocycles. The second-order valence-corrected chi connectivity index (χ2v) is 21.1. The summed E-state index contributed by atoms with van der Waals surface area (Å²) in [7, 11) is 0. The molecule has 0 N–H and O–H groups in total. The molecule has 0 spiro atoms. The molecular weight excluding hydrogens is 997 g/mol. The zero-order valence-electron chi connectivity index (χ0n) is 44.4. The molecule has 0 aliphatic rings. The van der Waals surface area contributed by atoms with Crippen LogP contribution in [0.2, 0.25) is 0 Å². The van der Waals surface area contributed by atoms with Crippen molar-refractivity contribution in [1.29, 1.82) is 5.26 Å². The lowest BCUT2D eigenvalue weighted by Gasteiger charge is -2.23. The highest BCUT2D eigenvalue weighted by Gasteiger charge is 2.42. The standard InChI is InChI=1S/C70H51F6N3/c1-39-11-16-46(17-12-39)47-18-25-62-56(32-47)57-33-48(52-22-13-40(2)29-43(52)5)21-28-65(57)79(62)67-37-55(68-60(69(71,72)73)9-8-10-61(68)70(74,75)76)51(38-77)36-66(67)78-63-26-19-49(53-23-14-41(3)30-44(53)6)34-58(63)59-35-50(20-27-64(59)78)54-24-15-42(4)31-45(54)7/h8-37H,1-7H3. The van der Waals surface area contributed by atoms with Gasteiger partial charge in [0.25, 0.3) is 0 Å². The van der Waals surface area contributed by atoms with Gasteiger partial charge in [0.2, 0.25) is 0 Å². The Morgan fingerprint density at radius 2 is 0.684 bits per heavy atom. The van der Waals surface area contributed by atoms with Crippen LogP contribution in [0.5, 0.6) is 0 Å². The molecule has 2 heterocycles. The van der Waals surface area contributed by atoms with Gasteiger partial charge in [-0.2, -0.15) is 31.6 Å². The van der Waals surface area contributed by atoms with E-state index in [2.05, 4.69) is 132 Å². The third-order valence-corrected chi connectivity index (χ3v) is 15.7. The molecule has 12 aromatic rings. The Morgan fingerprint density at radius 1 is 0.342 bits per heavy atom. The molecule has 9 heteroatoms. The minimum atomic E-state index is -5.22. The molecule has 79 heavy (non-hydrogen) atoms. The first-order valence-electron chi connectivity index (χ1n) is 26.1. The number of hydrogen-bond donors (Lipinski definition) is 0. The predicted octanol–water partition coefficient (Wildman–Crippen LogP) is 20.3. The number of hydrogen-bond acceptors (Lipinski definition) is 1. The molecule has 0 amide bonds. The highest BCUT2D eigenvalue weighted by molar-refractivity contribution is 6.14. The van der Waals surface area contributed by atoms with E-state index in [1.54, 1.807) is 0 Å². The van der Waals surface area contributed by atoms with E-state index in [1.807, 2.05) is 83.6 Å². The van der Waals surface area contributed by atoms with Crippen LogP contribution in [0.25, 0.3) is 111 Å². The van der Waals surface area contributed by atoms with Crippen LogP contribution in [-0.2, 0) is 12.4 Å². The summed E-state index contributed by atoms with van der Waals surface area (Å²) in [5, 5.41) is 14.5. The van der Waals surface area contributed by atoms with E-state index in [4.69, 9.17) is 0 Å². The van der Waals surface area contributed by atoms with Gasteiger partial charge in [0.05, 0.1) is 56.2 Å². The van der Waals surface area contributed by atoms with Crippen LogP contribution < -0.4 is 0 Å². The van der Waals surface area contributed by atoms with Crippen LogP contribution in [0.3, 0.4) is 0 Å². The number of halogens is 6. The largest absolute Gasteiger partial charge is 0.417 e. The van der Waals surface area contributed by atoms with Crippen molar-refractivity contribution in [3.05, 3.63) is 238 Å². The Morgan fingerprint density at radius 3 is 1.05 bits per heavy atom. The minimum Gasteiger partial charge on any atom is -0.307 e. The lowest BCUT2D eigenvalue weighted by atomic mass is 9.89. The SMILES string of the molecule is Cc1ccc(-c2ccc3c(c2)c2cc(-c4ccc(C)cc4C)ccc2n3-c2cc(-c3c(C(F)(F)F)cccc3C(F)(F)F)c(C#N)cc2-n2c3ccc(-c4ccc(C)cc4C)cc3c3cc(-c4ccc(C)cc4C)ccc32)cc1. The van der Waals surface area contributed by atoms with E-state index in [0.717, 1.165) is 111 Å². The lowest BCUT2D eigenvalue weighted by Crippen LogP contribution is -2.15. The predicted molar refractivity (Wildman–Crippen MR) is 310 cm³/mol. The molecule has 0 atom stereocenters. The zero-order valence-corrected chi connectivity index (χ0v) is 44.4. The number of nitriles is 1. The highest BCUT2D eigenvalue weighted by Crippen LogP contribution is 2.49. The van der Waals surface area contributed by atoms with Gasteiger partial charge in [0.15, 0.2) is 0 Å². The number of alkyl halides is 6. The maximum atomic E-state index is 15.3. The molecular formula is C70H51F6N3. The van der Waals surface area contributed by atoms with Crippen LogP contribution in [-0.4, -0.2) is 9.13 Å². The number of rotatable bonds is 7. The molecule has 12 rings (SSSR count). The summed E-state index contributed by atoms with van der Waals surface area (Å²) < 4.78 is 96.0. The molecule has 0 aliphatic carbocycles. The summed E-state index contributed by atoms with van der Waals surface area (Å²) in [5.41, 5.74) is 13.9. The average Bonchev–Trinajstić information content (AvgIpc) is 4.14. The quantitative estimate of drug-likeness (QED) is 0.146. The Kier molecular flexibility index (Phi) is 12.1. The van der Waals surface area contributed by atoms with Crippen LogP contribution in [0, 0.1) is 59.8 Å². The summed E-state index contributed by atoms with van der Waals surface area (Å²) >= 11 is 0. The molecule has 3 nitrogen and oxygen atoms in total. The van der Waals surface area contributed by atoms with Gasteiger partial charge in [-0.05, 0) is 182 Å². The van der Waals surface area contributed by atoms with Gasteiger partial charge in [0.1, 0.15) is 0 Å². The summed E-state index contributed by atoms with van der Waals surface area (Å²) in [5.74, 6) is 0. The van der Waals surface area contributed by atoms with Crippen molar-refractivity contribution in [2.75, 3.05) is 0 Å². The molecule has 0 unspecified atom stereocenters. The first-order chi connectivity index (χ1) is 37.7. The zero-order chi connectivity index (χ0) is 55.4. The first-order valence-corrected chi connectivity index (χ1v) is 26.1. The normalized spacial score (nSPS) is 12.1. The van der Waals surface area contributed by atoms with E-state index in [-0.39, 0.29) is 11.3 Å². The second kappa shape index (κ2) is 18.8. The highest BCUT2D eigenvalue weighted by atomic mass is 19.4. The Balaban J connectivity index is 1.25. The number of aryl methyl sites for hydroxylation is 7. The summed E-state index contributed by atoms with van der Waals surface area (Å²) in [6, 6.07) is 58.6. The number of nitrogens with zero attached hydrogens (tertiary/aromatic N) is 3. The first kappa shape index (κ1) is 50.7. The average molecular weight is 1050 g/mol. The molecule has 2 aromatic heterocycles. The van der Waals surface area contributed by atoms with Crippen molar-refractivity contribution in [2.45, 2.75) is 60.8 Å². The lowest BCUT2D eigenvalue weighted by molar-refractivity contribution is -0.142. The molecule has 0 radical (unpaired) electrons. The van der Waals surface area contributed by atoms with Gasteiger partial charge in [0, 0.05) is 32.7 Å². The molecule has 0 saturated carbocycles. The maximum Gasteiger partial charge on any atom is 0.417 e. The van der Waals surface area contributed by atoms with Crippen molar-refractivity contribution >= 4 is 43.6 Å². The van der Waals surface area contributed by atoms with Crippen molar-refractivity contribution in [1.82, 2.24) is 9.13 Å². The van der Waals surface area contributed by atoms with Gasteiger partial charge < -0.3 is 9.13 Å². The van der Waals surface area contributed by atoms with Crippen LogP contribution >= 0.6 is 0 Å². The fraction of sp³-hybridized carbons (Fsp3) is 0.129. The van der Waals surface area contributed by atoms with E-state index in [9.17, 15) is 5.26 Å². The van der Waals surface area contributed by atoms with Crippen LogP contribution in [0.15, 0.2) is 182 Å². The third kappa shape index (κ3) is 8.73. The fourth-order valence-corrected chi connectivity index (χ4v) is 12.0. The van der Waals surface area contributed by atoms with Crippen molar-refractivity contribution < 1.29 is 26.3 Å². The molecule has 10 aromatic carbocycles. The Labute approximate surface area is 453 Å². The Hall–Kier alpha value is -9.13. The van der Waals surface area contributed by atoms with Gasteiger partial charge in [-0.3, -0.25) is 0 Å². The number of fused-ring (bicyclic) bond motifs is 6. The van der Waals surface area contributed by atoms with Gasteiger partial charge in [-0.1, -0.05) is 131 Å². The van der Waals surface area contributed by atoms with E-state index >= 15 is 26.3 Å². The minimum absolute atomic E-state index is 0.261. The second-order valence-electron chi connectivity index (χ2n) is 21.1. The monoisotopic (exact) mass is 1050 g/mol. The van der Waals surface area contributed by atoms with Crippen LogP contribution in [0.4, 0.5) is 26.3 Å². The van der Waals surface area contributed by atoms with E-state index < -0.39 is 34.6 Å². The van der Waals surface area contributed by atoms with Crippen LogP contribution in [0.1, 0.15) is 55.6 Å². The topological polar surface area (TPSA) is 33.6 Å². The van der Waals surface area contributed by atoms with E-state index in [0.29, 0.717) is 39.9 Å². The summed E-state index contributed by atoms with van der Waals surface area (Å²) in [6.07, 6.45) is -10.4. The van der Waals surface area contributed by atoms with Crippen molar-refractivity contribution in [2.24, 2.45) is 0 Å². The smallest absolute Gasteiger partial charge is 0.307 e. The van der Waals surface area contributed by atoms with Crippen molar-refractivity contribution in [3.8, 4) is 73.1 Å². The van der Waals surface area contributed by atoms with Crippen molar-refractivity contribution in [3.63, 3.8) is 0 Å². The molecule has 0 aliphatic heterocycles. The number of benzene rings is 10. The maximum absolute atomic E-state index is 15.3. The Bertz CT molecular complexity index is 4400. The third-order valence-electron chi connectivity index (χ3n) is 15.7. The number of aromatic nitrogens is 2. The summed E-state index contributed by atoms with van der Waals surface area (Å²) in [6.45, 7) is 14.4.